The van der Waals surface area contributed by atoms with Crippen LogP contribution in [0.1, 0.15) is 34.3 Å². The van der Waals surface area contributed by atoms with Crippen LogP contribution in [0.4, 0.5) is 0 Å². The van der Waals surface area contributed by atoms with E-state index in [0.717, 1.165) is 11.3 Å². The summed E-state index contributed by atoms with van der Waals surface area (Å²) < 4.78 is 0. The Bertz CT molecular complexity index is 499. The van der Waals surface area contributed by atoms with Gasteiger partial charge in [-0.3, -0.25) is 14.4 Å². The number of carbonyl (C=O) groups is 3. The third-order valence-electron chi connectivity index (χ3n) is 2.62. The zero-order valence-electron chi connectivity index (χ0n) is 12.3. The van der Waals surface area contributed by atoms with Crippen molar-refractivity contribution in [1.82, 2.24) is 16.0 Å². The molecule has 7 heteroatoms. The molecule has 0 unspecified atom stereocenters. The second-order valence-electron chi connectivity index (χ2n) is 4.54. The van der Waals surface area contributed by atoms with E-state index in [4.69, 9.17) is 0 Å². The molecule has 0 aliphatic heterocycles. The molecule has 21 heavy (non-hydrogen) atoms. The predicted molar refractivity (Wildman–Crippen MR) is 82.3 cm³/mol. The van der Waals surface area contributed by atoms with Crippen LogP contribution in [0.2, 0.25) is 0 Å². The van der Waals surface area contributed by atoms with Crippen LogP contribution in [0.5, 0.6) is 0 Å². The van der Waals surface area contributed by atoms with Crippen LogP contribution in [0.25, 0.3) is 0 Å². The molecule has 3 N–H and O–H groups in total. The molecule has 0 aliphatic rings. The highest BCUT2D eigenvalue weighted by Gasteiger charge is 2.09. The molecule has 1 aromatic heterocycles. The number of thiophene rings is 1. The topological polar surface area (TPSA) is 87.3 Å². The van der Waals surface area contributed by atoms with E-state index in [1.54, 1.807) is 6.07 Å². The summed E-state index contributed by atoms with van der Waals surface area (Å²) in [7, 11) is 0. The van der Waals surface area contributed by atoms with Crippen LogP contribution in [0, 0.1) is 6.92 Å². The third kappa shape index (κ3) is 6.89. The summed E-state index contributed by atoms with van der Waals surface area (Å²) in [4.78, 5) is 36.2. The van der Waals surface area contributed by atoms with Crippen molar-refractivity contribution in [2.24, 2.45) is 0 Å². The molecule has 0 aliphatic carbocycles. The fraction of sp³-hybridized carbons (Fsp3) is 0.500. The lowest BCUT2D eigenvalue weighted by atomic mass is 10.3. The van der Waals surface area contributed by atoms with Crippen molar-refractivity contribution in [2.45, 2.75) is 26.7 Å². The largest absolute Gasteiger partial charge is 0.356 e. The van der Waals surface area contributed by atoms with Crippen LogP contribution in [-0.2, 0) is 9.59 Å². The van der Waals surface area contributed by atoms with E-state index in [-0.39, 0.29) is 37.2 Å². The fourth-order valence-electron chi connectivity index (χ4n) is 1.53. The van der Waals surface area contributed by atoms with Crippen molar-refractivity contribution in [1.29, 1.82) is 0 Å². The quantitative estimate of drug-likeness (QED) is 0.664. The zero-order chi connectivity index (χ0) is 15.7. The monoisotopic (exact) mass is 311 g/mol. The molecular weight excluding hydrogens is 290 g/mol. The van der Waals surface area contributed by atoms with Gasteiger partial charge in [-0.15, -0.1) is 11.3 Å². The highest BCUT2D eigenvalue weighted by Crippen LogP contribution is 2.14. The lowest BCUT2D eigenvalue weighted by Crippen LogP contribution is -2.38. The van der Waals surface area contributed by atoms with Gasteiger partial charge in [-0.2, -0.15) is 0 Å². The normalized spacial score (nSPS) is 10.0. The van der Waals surface area contributed by atoms with Crippen molar-refractivity contribution in [3.05, 3.63) is 21.9 Å². The summed E-state index contributed by atoms with van der Waals surface area (Å²) in [5.74, 6) is -0.654. The van der Waals surface area contributed by atoms with Crippen LogP contribution in [-0.4, -0.2) is 37.4 Å². The molecule has 0 bridgehead atoms. The maximum atomic E-state index is 11.7. The van der Waals surface area contributed by atoms with Crippen molar-refractivity contribution < 1.29 is 14.4 Å². The maximum absolute atomic E-state index is 11.7. The average Bonchev–Trinajstić information content (AvgIpc) is 2.89. The van der Waals surface area contributed by atoms with Gasteiger partial charge in [-0.05, 0) is 25.5 Å². The smallest absolute Gasteiger partial charge is 0.261 e. The molecule has 1 heterocycles. The van der Waals surface area contributed by atoms with E-state index in [2.05, 4.69) is 16.0 Å². The maximum Gasteiger partial charge on any atom is 0.261 e. The van der Waals surface area contributed by atoms with E-state index in [9.17, 15) is 14.4 Å². The van der Waals surface area contributed by atoms with Gasteiger partial charge in [0, 0.05) is 24.4 Å². The Morgan fingerprint density at radius 2 is 1.76 bits per heavy atom. The number of hydrogen-bond acceptors (Lipinski definition) is 4. The Hall–Kier alpha value is -1.89. The van der Waals surface area contributed by atoms with Gasteiger partial charge in [0.05, 0.1) is 11.4 Å². The van der Waals surface area contributed by atoms with Gasteiger partial charge < -0.3 is 16.0 Å². The Kier molecular flexibility index (Phi) is 7.45. The third-order valence-corrected chi connectivity index (χ3v) is 3.62. The summed E-state index contributed by atoms with van der Waals surface area (Å²) in [5.41, 5.74) is 0. The average molecular weight is 311 g/mol. The molecular formula is C14H21N3O3S. The number of nitrogens with one attached hydrogen (secondary N) is 3. The number of hydrogen-bond donors (Lipinski definition) is 3. The Morgan fingerprint density at radius 3 is 2.38 bits per heavy atom. The van der Waals surface area contributed by atoms with E-state index in [0.29, 0.717) is 11.4 Å². The van der Waals surface area contributed by atoms with Gasteiger partial charge in [0.25, 0.3) is 5.91 Å². The molecule has 0 spiro atoms. The fourth-order valence-corrected chi connectivity index (χ4v) is 2.32. The van der Waals surface area contributed by atoms with E-state index in [1.807, 2.05) is 19.9 Å². The first-order valence-electron chi connectivity index (χ1n) is 6.91. The summed E-state index contributed by atoms with van der Waals surface area (Å²) in [6.07, 6.45) is 1.12. The Morgan fingerprint density at radius 1 is 1.05 bits per heavy atom. The summed E-state index contributed by atoms with van der Waals surface area (Å²) in [6, 6.07) is 3.58. The van der Waals surface area contributed by atoms with Gasteiger partial charge in [-0.25, -0.2) is 0 Å². The van der Waals surface area contributed by atoms with Crippen molar-refractivity contribution in [2.75, 3.05) is 19.6 Å². The standard InChI is InChI=1S/C14H21N3O3S/c1-3-7-15-12(18)6-8-16-13(19)9-17-14(20)11-5-4-10(2)21-11/h4-5H,3,6-9H2,1-2H3,(H,15,18)(H,16,19)(H,17,20). The first-order valence-corrected chi connectivity index (χ1v) is 7.72. The molecule has 0 aromatic carbocycles. The summed E-state index contributed by atoms with van der Waals surface area (Å²) >= 11 is 1.38. The minimum atomic E-state index is -0.306. The molecule has 1 rings (SSSR count). The summed E-state index contributed by atoms with van der Waals surface area (Å²) in [5, 5.41) is 7.86. The van der Waals surface area contributed by atoms with Gasteiger partial charge in [-0.1, -0.05) is 6.92 Å². The van der Waals surface area contributed by atoms with Crippen LogP contribution < -0.4 is 16.0 Å². The highest BCUT2D eigenvalue weighted by molar-refractivity contribution is 7.13. The molecule has 0 saturated carbocycles. The molecule has 1 aromatic rings. The van der Waals surface area contributed by atoms with Crippen molar-refractivity contribution in [3.63, 3.8) is 0 Å². The van der Waals surface area contributed by atoms with Gasteiger partial charge in [0.2, 0.25) is 11.8 Å². The minimum absolute atomic E-state index is 0.0877. The van der Waals surface area contributed by atoms with Crippen molar-refractivity contribution in [3.8, 4) is 0 Å². The molecule has 0 fully saturated rings. The second kappa shape index (κ2) is 9.12. The molecule has 0 saturated heterocycles. The summed E-state index contributed by atoms with van der Waals surface area (Å²) in [6.45, 7) is 4.70. The van der Waals surface area contributed by atoms with Crippen molar-refractivity contribution >= 4 is 29.1 Å². The molecule has 3 amide bonds. The van der Waals surface area contributed by atoms with E-state index < -0.39 is 0 Å². The Balaban J connectivity index is 2.16. The van der Waals surface area contributed by atoms with Gasteiger partial charge in [0.1, 0.15) is 0 Å². The molecule has 0 atom stereocenters. The lowest BCUT2D eigenvalue weighted by molar-refractivity contribution is -0.121. The van der Waals surface area contributed by atoms with E-state index in [1.165, 1.54) is 11.3 Å². The van der Waals surface area contributed by atoms with Crippen LogP contribution in [0.3, 0.4) is 0 Å². The van der Waals surface area contributed by atoms with Gasteiger partial charge >= 0.3 is 0 Å². The lowest BCUT2D eigenvalue weighted by Gasteiger charge is -2.06. The van der Waals surface area contributed by atoms with Crippen LogP contribution >= 0.6 is 11.3 Å². The highest BCUT2D eigenvalue weighted by atomic mass is 32.1. The van der Waals surface area contributed by atoms with Gasteiger partial charge in [0.15, 0.2) is 0 Å². The minimum Gasteiger partial charge on any atom is -0.356 e. The molecule has 0 radical (unpaired) electrons. The second-order valence-corrected chi connectivity index (χ2v) is 5.83. The predicted octanol–water partition coefficient (Wildman–Crippen LogP) is 0.819. The first kappa shape index (κ1) is 17.2. The number of amides is 3. The SMILES string of the molecule is CCCNC(=O)CCNC(=O)CNC(=O)c1ccc(C)s1. The first-order chi connectivity index (χ1) is 10.0. The number of carbonyl (C=O) groups excluding carboxylic acids is 3. The number of rotatable bonds is 8. The number of aryl methyl sites for hydroxylation is 1. The Labute approximate surface area is 128 Å². The van der Waals surface area contributed by atoms with Crippen LogP contribution in [0.15, 0.2) is 12.1 Å². The van der Waals surface area contributed by atoms with E-state index >= 15 is 0 Å². The zero-order valence-corrected chi connectivity index (χ0v) is 13.1. The molecule has 116 valence electrons. The molecule has 6 nitrogen and oxygen atoms in total.